The molecule has 0 spiro atoms. The molecule has 1 aromatic rings. The highest BCUT2D eigenvalue weighted by molar-refractivity contribution is 9.10. The number of hydrogen-bond acceptors (Lipinski definition) is 1. The fourth-order valence-corrected chi connectivity index (χ4v) is 3.61. The lowest BCUT2D eigenvalue weighted by atomic mass is 9.69. The highest BCUT2D eigenvalue weighted by Gasteiger charge is 2.34. The third-order valence-corrected chi connectivity index (χ3v) is 4.67. The first kappa shape index (κ1) is 15.7. The monoisotopic (exact) mass is 345 g/mol. The fourth-order valence-electron chi connectivity index (χ4n) is 3.21. The molecule has 0 saturated heterocycles. The quantitative estimate of drug-likeness (QED) is 0.720. The average molecular weight is 346 g/mol. The molecule has 2 atom stereocenters. The molecule has 0 amide bonds. The molecule has 112 valence electrons. The molecule has 0 aliphatic heterocycles. The van der Waals surface area contributed by atoms with Gasteiger partial charge in [-0.1, -0.05) is 49.5 Å². The van der Waals surface area contributed by atoms with Crippen LogP contribution in [0.2, 0.25) is 0 Å². The van der Waals surface area contributed by atoms with Crippen molar-refractivity contribution < 1.29 is 8.78 Å². The highest BCUT2D eigenvalue weighted by atomic mass is 79.9. The van der Waals surface area contributed by atoms with E-state index in [4.69, 9.17) is 0 Å². The van der Waals surface area contributed by atoms with Gasteiger partial charge in [0.05, 0.1) is 0 Å². The lowest BCUT2D eigenvalue weighted by molar-refractivity contribution is 0.162. The van der Waals surface area contributed by atoms with E-state index in [1.54, 1.807) is 0 Å². The average Bonchev–Trinajstić information content (AvgIpc) is 2.33. The van der Waals surface area contributed by atoms with E-state index in [9.17, 15) is 8.78 Å². The molecular weight excluding hydrogens is 324 g/mol. The summed E-state index contributed by atoms with van der Waals surface area (Å²) in [6.45, 7) is 6.60. The Morgan fingerprint density at radius 3 is 2.20 bits per heavy atom. The normalized spacial score (nSPS) is 23.7. The van der Waals surface area contributed by atoms with Crippen LogP contribution >= 0.6 is 15.9 Å². The molecule has 1 N–H and O–H groups in total. The minimum absolute atomic E-state index is 0.00866. The second kappa shape index (κ2) is 6.00. The van der Waals surface area contributed by atoms with Crippen molar-refractivity contribution in [2.75, 3.05) is 5.32 Å². The summed E-state index contributed by atoms with van der Waals surface area (Å²) in [6, 6.07) is 2.75. The van der Waals surface area contributed by atoms with E-state index in [0.717, 1.165) is 19.3 Å². The van der Waals surface area contributed by atoms with Crippen LogP contribution in [0, 0.1) is 23.0 Å². The number of halogens is 3. The van der Waals surface area contributed by atoms with Crippen LogP contribution in [0.25, 0.3) is 0 Å². The molecule has 1 saturated carbocycles. The van der Waals surface area contributed by atoms with Crippen molar-refractivity contribution in [1.82, 2.24) is 0 Å². The Hall–Kier alpha value is -0.640. The Kier molecular flexibility index (Phi) is 4.73. The van der Waals surface area contributed by atoms with Gasteiger partial charge in [0.2, 0.25) is 0 Å². The van der Waals surface area contributed by atoms with E-state index in [1.165, 1.54) is 18.6 Å². The van der Waals surface area contributed by atoms with Crippen LogP contribution in [0.1, 0.15) is 46.5 Å². The van der Waals surface area contributed by atoms with Crippen LogP contribution in [-0.4, -0.2) is 6.04 Å². The summed E-state index contributed by atoms with van der Waals surface area (Å²) in [7, 11) is 0. The molecule has 20 heavy (non-hydrogen) atoms. The molecule has 2 unspecified atom stereocenters. The van der Waals surface area contributed by atoms with Crippen molar-refractivity contribution in [2.24, 2.45) is 11.3 Å². The summed E-state index contributed by atoms with van der Waals surface area (Å²) in [4.78, 5) is 0. The number of rotatable bonds is 2. The lowest BCUT2D eigenvalue weighted by Crippen LogP contribution is -2.40. The molecule has 1 aromatic carbocycles. The number of anilines is 1. The molecule has 4 heteroatoms. The van der Waals surface area contributed by atoms with E-state index >= 15 is 0 Å². The van der Waals surface area contributed by atoms with Crippen molar-refractivity contribution in [3.05, 3.63) is 28.2 Å². The first-order chi connectivity index (χ1) is 9.29. The summed E-state index contributed by atoms with van der Waals surface area (Å²) in [6.07, 6.45) is 4.40. The molecule has 1 aliphatic carbocycles. The largest absolute Gasteiger partial charge is 0.377 e. The van der Waals surface area contributed by atoms with Gasteiger partial charge in [0.1, 0.15) is 17.3 Å². The maximum Gasteiger partial charge on any atom is 0.150 e. The SMILES string of the molecule is CC(C)(C)C1CCCCC1Nc1c(F)cc(Br)cc1F. The van der Waals surface area contributed by atoms with Crippen molar-refractivity contribution in [2.45, 2.75) is 52.5 Å². The number of hydrogen-bond donors (Lipinski definition) is 1. The molecule has 0 aromatic heterocycles. The molecule has 1 nitrogen and oxygen atoms in total. The van der Waals surface area contributed by atoms with Crippen molar-refractivity contribution in [1.29, 1.82) is 0 Å². The summed E-state index contributed by atoms with van der Waals surface area (Å²) in [5.74, 6) is -0.635. The van der Waals surface area contributed by atoms with Gasteiger partial charge in [-0.3, -0.25) is 0 Å². The summed E-state index contributed by atoms with van der Waals surface area (Å²) in [5, 5.41) is 3.13. The predicted molar refractivity (Wildman–Crippen MR) is 82.9 cm³/mol. The summed E-state index contributed by atoms with van der Waals surface area (Å²) in [5.41, 5.74) is 0.148. The van der Waals surface area contributed by atoms with E-state index in [0.29, 0.717) is 10.4 Å². The molecule has 1 aliphatic rings. The Labute approximate surface area is 128 Å². The van der Waals surface area contributed by atoms with Crippen LogP contribution in [0.5, 0.6) is 0 Å². The van der Waals surface area contributed by atoms with E-state index < -0.39 is 11.6 Å². The number of benzene rings is 1. The zero-order valence-corrected chi connectivity index (χ0v) is 13.9. The Morgan fingerprint density at radius 2 is 1.65 bits per heavy atom. The first-order valence-electron chi connectivity index (χ1n) is 7.20. The second-order valence-corrected chi connectivity index (χ2v) is 7.67. The van der Waals surface area contributed by atoms with Crippen molar-refractivity contribution in [3.8, 4) is 0 Å². The van der Waals surface area contributed by atoms with Crippen LogP contribution in [-0.2, 0) is 0 Å². The minimum atomic E-state index is -0.532. The molecule has 0 bridgehead atoms. The van der Waals surface area contributed by atoms with Gasteiger partial charge in [-0.05, 0) is 36.3 Å². The van der Waals surface area contributed by atoms with E-state index in [1.807, 2.05) is 0 Å². The topological polar surface area (TPSA) is 12.0 Å². The first-order valence-corrected chi connectivity index (χ1v) is 7.99. The standard InChI is InChI=1S/C16H22BrF2N/c1-16(2,3)11-6-4-5-7-14(11)20-15-12(18)8-10(17)9-13(15)19/h8-9,11,14,20H,4-7H2,1-3H3. The highest BCUT2D eigenvalue weighted by Crippen LogP contribution is 2.40. The third kappa shape index (κ3) is 3.51. The fraction of sp³-hybridized carbons (Fsp3) is 0.625. The van der Waals surface area contributed by atoms with Crippen LogP contribution in [0.15, 0.2) is 16.6 Å². The third-order valence-electron chi connectivity index (χ3n) is 4.21. The van der Waals surface area contributed by atoms with Gasteiger partial charge in [0, 0.05) is 10.5 Å². The second-order valence-electron chi connectivity index (χ2n) is 6.75. The van der Waals surface area contributed by atoms with E-state index in [2.05, 4.69) is 42.0 Å². The molecule has 0 radical (unpaired) electrons. The van der Waals surface area contributed by atoms with Gasteiger partial charge in [0.25, 0.3) is 0 Å². The van der Waals surface area contributed by atoms with Crippen molar-refractivity contribution in [3.63, 3.8) is 0 Å². The Morgan fingerprint density at radius 1 is 1.10 bits per heavy atom. The maximum atomic E-state index is 14.0. The zero-order valence-electron chi connectivity index (χ0n) is 12.3. The maximum absolute atomic E-state index is 14.0. The zero-order chi connectivity index (χ0) is 14.9. The molecular formula is C16H22BrF2N. The van der Waals surface area contributed by atoms with Gasteiger partial charge >= 0.3 is 0 Å². The minimum Gasteiger partial charge on any atom is -0.377 e. The summed E-state index contributed by atoms with van der Waals surface area (Å²) >= 11 is 3.11. The van der Waals surface area contributed by atoms with Crippen molar-refractivity contribution >= 4 is 21.6 Å². The Balaban J connectivity index is 2.23. The number of nitrogens with one attached hydrogen (secondary N) is 1. The predicted octanol–water partition coefficient (Wildman–Crippen LogP) is 5.74. The van der Waals surface area contributed by atoms with Gasteiger partial charge in [-0.25, -0.2) is 8.78 Å². The molecule has 0 heterocycles. The molecule has 1 fully saturated rings. The Bertz CT molecular complexity index is 459. The van der Waals surface area contributed by atoms with Gasteiger partial charge in [-0.15, -0.1) is 0 Å². The lowest BCUT2D eigenvalue weighted by Gasteiger charge is -2.41. The van der Waals surface area contributed by atoms with Gasteiger partial charge in [0.15, 0.2) is 0 Å². The summed E-state index contributed by atoms with van der Waals surface area (Å²) < 4.78 is 28.3. The van der Waals surface area contributed by atoms with Crippen LogP contribution in [0.3, 0.4) is 0 Å². The smallest absolute Gasteiger partial charge is 0.150 e. The van der Waals surface area contributed by atoms with Gasteiger partial charge in [-0.2, -0.15) is 0 Å². The molecule has 2 rings (SSSR count). The van der Waals surface area contributed by atoms with Crippen LogP contribution < -0.4 is 5.32 Å². The van der Waals surface area contributed by atoms with E-state index in [-0.39, 0.29) is 17.1 Å². The van der Waals surface area contributed by atoms with Gasteiger partial charge < -0.3 is 5.32 Å². The van der Waals surface area contributed by atoms with Crippen LogP contribution in [0.4, 0.5) is 14.5 Å².